The number of fused-ring (bicyclic) bond motifs is 1. The Kier molecular flexibility index (Phi) is 6.60. The van der Waals surface area contributed by atoms with E-state index in [0.717, 1.165) is 22.2 Å². The molecule has 0 amide bonds. The SMILES string of the molecule is CCOc1cc(/C=N\Nc2nc3ccccc3[nH]2)ccc1OCc1ccc(Cl)cc1Cl. The number of aromatic amines is 1. The molecule has 0 spiro atoms. The first-order chi connectivity index (χ1) is 15.1. The Balaban J connectivity index is 1.45. The molecule has 158 valence electrons. The summed E-state index contributed by atoms with van der Waals surface area (Å²) in [6, 6.07) is 18.7. The highest BCUT2D eigenvalue weighted by Crippen LogP contribution is 2.30. The second-order valence-corrected chi connectivity index (χ2v) is 7.48. The Morgan fingerprint density at radius 3 is 2.71 bits per heavy atom. The fourth-order valence-corrected chi connectivity index (χ4v) is 3.42. The summed E-state index contributed by atoms with van der Waals surface area (Å²) in [7, 11) is 0. The second kappa shape index (κ2) is 9.73. The van der Waals surface area contributed by atoms with E-state index in [1.807, 2.05) is 55.5 Å². The molecule has 0 unspecified atom stereocenters. The van der Waals surface area contributed by atoms with Gasteiger partial charge in [0, 0.05) is 15.6 Å². The van der Waals surface area contributed by atoms with Gasteiger partial charge in [-0.1, -0.05) is 41.4 Å². The molecule has 0 aliphatic rings. The Morgan fingerprint density at radius 1 is 1.03 bits per heavy atom. The lowest BCUT2D eigenvalue weighted by Crippen LogP contribution is -2.01. The maximum atomic E-state index is 6.23. The van der Waals surface area contributed by atoms with Crippen LogP contribution in [0.1, 0.15) is 18.1 Å². The molecule has 8 heteroatoms. The molecule has 0 atom stereocenters. The van der Waals surface area contributed by atoms with Crippen LogP contribution >= 0.6 is 23.2 Å². The van der Waals surface area contributed by atoms with Gasteiger partial charge in [-0.15, -0.1) is 0 Å². The van der Waals surface area contributed by atoms with Gasteiger partial charge in [-0.05, 0) is 55.0 Å². The average Bonchev–Trinajstić information content (AvgIpc) is 3.17. The van der Waals surface area contributed by atoms with Crippen molar-refractivity contribution in [1.29, 1.82) is 0 Å². The monoisotopic (exact) mass is 454 g/mol. The van der Waals surface area contributed by atoms with Crippen molar-refractivity contribution >= 4 is 46.4 Å². The molecule has 0 saturated heterocycles. The third kappa shape index (κ3) is 5.29. The number of hydrazone groups is 1. The molecule has 2 N–H and O–H groups in total. The van der Waals surface area contributed by atoms with Crippen molar-refractivity contribution in [2.75, 3.05) is 12.0 Å². The van der Waals surface area contributed by atoms with Crippen LogP contribution in [0.2, 0.25) is 10.0 Å². The van der Waals surface area contributed by atoms with E-state index in [0.29, 0.717) is 40.7 Å². The maximum Gasteiger partial charge on any atom is 0.222 e. The number of imidazole rings is 1. The molecule has 3 aromatic carbocycles. The van der Waals surface area contributed by atoms with E-state index >= 15 is 0 Å². The molecule has 0 saturated carbocycles. The highest BCUT2D eigenvalue weighted by atomic mass is 35.5. The third-order valence-corrected chi connectivity index (χ3v) is 5.03. The van der Waals surface area contributed by atoms with Crippen LogP contribution in [0.15, 0.2) is 65.8 Å². The summed E-state index contributed by atoms with van der Waals surface area (Å²) in [5.74, 6) is 1.82. The van der Waals surface area contributed by atoms with Crippen molar-refractivity contribution in [2.24, 2.45) is 5.10 Å². The largest absolute Gasteiger partial charge is 0.490 e. The van der Waals surface area contributed by atoms with Crippen molar-refractivity contribution in [2.45, 2.75) is 13.5 Å². The van der Waals surface area contributed by atoms with Gasteiger partial charge in [-0.25, -0.2) is 10.4 Å². The van der Waals surface area contributed by atoms with Crippen LogP contribution in [-0.2, 0) is 6.61 Å². The van der Waals surface area contributed by atoms with Crippen LogP contribution < -0.4 is 14.9 Å². The lowest BCUT2D eigenvalue weighted by molar-refractivity contribution is 0.269. The summed E-state index contributed by atoms with van der Waals surface area (Å²) in [6.07, 6.45) is 1.69. The van der Waals surface area contributed by atoms with E-state index in [-0.39, 0.29) is 0 Å². The van der Waals surface area contributed by atoms with Crippen LogP contribution in [0.3, 0.4) is 0 Å². The minimum Gasteiger partial charge on any atom is -0.490 e. The van der Waals surface area contributed by atoms with Crippen LogP contribution in [0, 0.1) is 0 Å². The van der Waals surface area contributed by atoms with Crippen LogP contribution in [0.4, 0.5) is 5.95 Å². The Bertz CT molecular complexity index is 1190. The van der Waals surface area contributed by atoms with Gasteiger partial charge >= 0.3 is 0 Å². The Hall–Kier alpha value is -3.22. The number of hydrogen-bond acceptors (Lipinski definition) is 5. The van der Waals surface area contributed by atoms with Crippen molar-refractivity contribution < 1.29 is 9.47 Å². The summed E-state index contributed by atoms with van der Waals surface area (Å²) in [6.45, 7) is 2.73. The van der Waals surface area contributed by atoms with E-state index in [2.05, 4.69) is 20.5 Å². The molecular weight excluding hydrogens is 435 g/mol. The van der Waals surface area contributed by atoms with Gasteiger partial charge in [-0.3, -0.25) is 0 Å². The fraction of sp³-hybridized carbons (Fsp3) is 0.130. The predicted molar refractivity (Wildman–Crippen MR) is 126 cm³/mol. The highest BCUT2D eigenvalue weighted by molar-refractivity contribution is 6.35. The first-order valence-corrected chi connectivity index (χ1v) is 10.5. The third-order valence-electron chi connectivity index (χ3n) is 4.44. The van der Waals surface area contributed by atoms with Crippen LogP contribution in [0.5, 0.6) is 11.5 Å². The van der Waals surface area contributed by atoms with E-state index in [1.54, 1.807) is 18.3 Å². The number of aromatic nitrogens is 2. The number of hydrogen-bond donors (Lipinski definition) is 2. The number of H-pyrrole nitrogens is 1. The van der Waals surface area contributed by atoms with Gasteiger partial charge in [0.15, 0.2) is 11.5 Å². The Morgan fingerprint density at radius 2 is 1.90 bits per heavy atom. The van der Waals surface area contributed by atoms with Gasteiger partial charge < -0.3 is 14.5 Å². The van der Waals surface area contributed by atoms with Gasteiger partial charge in [0.1, 0.15) is 6.61 Å². The van der Waals surface area contributed by atoms with Crippen molar-refractivity contribution in [3.8, 4) is 11.5 Å². The first-order valence-electron chi connectivity index (χ1n) is 9.70. The zero-order valence-corrected chi connectivity index (χ0v) is 18.2. The predicted octanol–water partition coefficient (Wildman–Crippen LogP) is 6.29. The average molecular weight is 455 g/mol. The molecule has 0 aliphatic carbocycles. The minimum atomic E-state index is 0.303. The van der Waals surface area contributed by atoms with Crippen LogP contribution in [0.25, 0.3) is 11.0 Å². The van der Waals surface area contributed by atoms with E-state index in [1.165, 1.54) is 0 Å². The lowest BCUT2D eigenvalue weighted by Gasteiger charge is -2.13. The molecular formula is C23H20Cl2N4O2. The maximum absolute atomic E-state index is 6.23. The molecule has 31 heavy (non-hydrogen) atoms. The zero-order valence-electron chi connectivity index (χ0n) is 16.7. The quantitative estimate of drug-likeness (QED) is 0.242. The van der Waals surface area contributed by atoms with Crippen molar-refractivity contribution in [3.63, 3.8) is 0 Å². The molecule has 1 heterocycles. The molecule has 0 fully saturated rings. The van der Waals surface area contributed by atoms with Gasteiger partial charge in [0.05, 0.1) is 23.9 Å². The van der Waals surface area contributed by atoms with E-state index in [9.17, 15) is 0 Å². The zero-order chi connectivity index (χ0) is 21.6. The molecule has 4 rings (SSSR count). The molecule has 6 nitrogen and oxygen atoms in total. The standard InChI is InChI=1S/C23H20Cl2N4O2/c1-2-30-22-11-15(13-26-29-23-27-19-5-3-4-6-20(19)28-23)7-10-21(22)31-14-16-8-9-17(24)12-18(16)25/h3-13H,2,14H2,1H3,(H2,27,28,29)/b26-13-. The summed E-state index contributed by atoms with van der Waals surface area (Å²) < 4.78 is 11.7. The van der Waals surface area contributed by atoms with Crippen molar-refractivity contribution in [1.82, 2.24) is 9.97 Å². The Labute approximate surface area is 189 Å². The molecule has 0 radical (unpaired) electrons. The van der Waals surface area contributed by atoms with Gasteiger partial charge in [0.25, 0.3) is 0 Å². The molecule has 1 aromatic heterocycles. The van der Waals surface area contributed by atoms with Gasteiger partial charge in [-0.2, -0.15) is 5.10 Å². The summed E-state index contributed by atoms with van der Waals surface area (Å²) in [5, 5.41) is 5.40. The topological polar surface area (TPSA) is 71.5 Å². The number of rotatable bonds is 8. The number of anilines is 1. The summed E-state index contributed by atoms with van der Waals surface area (Å²) >= 11 is 12.2. The lowest BCUT2D eigenvalue weighted by atomic mass is 10.2. The number of nitrogens with zero attached hydrogens (tertiary/aromatic N) is 2. The summed E-state index contributed by atoms with van der Waals surface area (Å²) in [4.78, 5) is 7.59. The van der Waals surface area contributed by atoms with E-state index < -0.39 is 0 Å². The second-order valence-electron chi connectivity index (χ2n) is 6.64. The molecule has 0 bridgehead atoms. The number of para-hydroxylation sites is 2. The number of nitrogens with one attached hydrogen (secondary N) is 2. The highest BCUT2D eigenvalue weighted by Gasteiger charge is 2.08. The van der Waals surface area contributed by atoms with Crippen LogP contribution in [-0.4, -0.2) is 22.8 Å². The van der Waals surface area contributed by atoms with Crippen molar-refractivity contribution in [3.05, 3.63) is 81.8 Å². The number of ether oxygens (including phenoxy) is 2. The fourth-order valence-electron chi connectivity index (χ4n) is 2.96. The van der Waals surface area contributed by atoms with Gasteiger partial charge in [0.2, 0.25) is 5.95 Å². The van der Waals surface area contributed by atoms with E-state index in [4.69, 9.17) is 32.7 Å². The molecule has 0 aliphatic heterocycles. The number of halogens is 2. The first kappa shape index (κ1) is 21.0. The normalized spacial score (nSPS) is 11.2. The number of benzene rings is 3. The summed E-state index contributed by atoms with van der Waals surface area (Å²) in [5.41, 5.74) is 6.43. The molecule has 4 aromatic rings. The smallest absolute Gasteiger partial charge is 0.222 e. The minimum absolute atomic E-state index is 0.303.